The van der Waals surface area contributed by atoms with E-state index in [1.54, 1.807) is 31.4 Å². The minimum atomic E-state index is -2.24. The topological polar surface area (TPSA) is 110 Å². The molecule has 5 aromatic rings. The summed E-state index contributed by atoms with van der Waals surface area (Å²) in [6.45, 7) is 1.84. The summed E-state index contributed by atoms with van der Waals surface area (Å²) in [5, 5.41) is 46.9. The van der Waals surface area contributed by atoms with Crippen molar-refractivity contribution in [2.75, 3.05) is 7.11 Å². The van der Waals surface area contributed by atoms with E-state index in [2.05, 4.69) is 0 Å². The Hall–Kier alpha value is -1.66. The van der Waals surface area contributed by atoms with Crippen LogP contribution < -0.4 is 4.74 Å². The smallest absolute Gasteiger partial charge is 0.220 e. The molecule has 0 aliphatic rings. The highest BCUT2D eigenvalue weighted by atomic mass is 35.6. The molecule has 4 atom stereocenters. The Morgan fingerprint density at radius 2 is 0.722 bits per heavy atom. The summed E-state index contributed by atoms with van der Waals surface area (Å²) >= 11 is 64.6. The third-order valence-corrected chi connectivity index (χ3v) is 10.8. The van der Waals surface area contributed by atoms with Gasteiger partial charge in [-0.3, -0.25) is 0 Å². The average molecular weight is 1280 g/mol. The summed E-state index contributed by atoms with van der Waals surface area (Å²) in [4.78, 5) is 0. The van der Waals surface area contributed by atoms with E-state index in [0.29, 0.717) is 23.4 Å². The Labute approximate surface area is 461 Å². The van der Waals surface area contributed by atoms with Crippen molar-refractivity contribution in [1.29, 1.82) is 0 Å². The van der Waals surface area contributed by atoms with Crippen molar-refractivity contribution in [3.63, 3.8) is 0 Å². The SMILES string of the molecule is CC(C)(O)c1c(F)c(F)c(F)c(F)c1F.COc1ccc(C(O)C(Cl)(Cl)Cl)cc1.OC(c1c(F)cccc1F)C(Cl)(Cl)Cl.OC(c1cc(F)c(F)c(F)c1)C(Cl)(Cl)Cl.OC(c1ccc(F)c(F)c1)C(Cl)(Cl)Cl. The lowest BCUT2D eigenvalue weighted by Crippen LogP contribution is -2.22. The monoisotopic (exact) mass is 1280 g/mol. The van der Waals surface area contributed by atoms with E-state index >= 15 is 0 Å². The molecule has 0 heterocycles. The third kappa shape index (κ3) is 20.4. The molecule has 0 saturated carbocycles. The Kier molecular flexibility index (Phi) is 26.7. The molecule has 5 aromatic carbocycles. The van der Waals surface area contributed by atoms with E-state index in [9.17, 15) is 78.2 Å². The first-order chi connectivity index (χ1) is 32.5. The van der Waals surface area contributed by atoms with E-state index < -0.39 is 126 Å². The number of methoxy groups -OCH3 is 1. The highest BCUT2D eigenvalue weighted by molar-refractivity contribution is 6.69. The van der Waals surface area contributed by atoms with Crippen LogP contribution in [0.2, 0.25) is 0 Å². The quantitative estimate of drug-likeness (QED) is 0.0501. The normalized spacial score (nSPS) is 13.6. The average Bonchev–Trinajstić information content (AvgIpc) is 3.26. The molecule has 0 amide bonds. The second kappa shape index (κ2) is 28.1. The molecule has 0 bridgehead atoms. The molecule has 72 heavy (non-hydrogen) atoms. The fourth-order valence-electron chi connectivity index (χ4n) is 4.85. The first-order valence-corrected chi connectivity index (χ1v) is 23.0. The minimum Gasteiger partial charge on any atom is -0.497 e. The number of halogens is 24. The number of benzene rings is 5. The van der Waals surface area contributed by atoms with Crippen molar-refractivity contribution >= 4 is 139 Å². The van der Waals surface area contributed by atoms with Crippen LogP contribution in [0.15, 0.2) is 72.8 Å². The van der Waals surface area contributed by atoms with Crippen LogP contribution in [0.4, 0.5) is 52.7 Å². The van der Waals surface area contributed by atoms with Crippen molar-refractivity contribution in [1.82, 2.24) is 0 Å². The van der Waals surface area contributed by atoms with Crippen LogP contribution in [0.25, 0.3) is 0 Å². The number of hydrogen-bond donors (Lipinski definition) is 5. The lowest BCUT2D eigenvalue weighted by molar-refractivity contribution is 0.0676. The van der Waals surface area contributed by atoms with Gasteiger partial charge < -0.3 is 30.3 Å². The van der Waals surface area contributed by atoms with Crippen molar-refractivity contribution in [3.8, 4) is 5.75 Å². The van der Waals surface area contributed by atoms with Gasteiger partial charge in [0.25, 0.3) is 0 Å². The van der Waals surface area contributed by atoms with Crippen molar-refractivity contribution in [2.24, 2.45) is 0 Å². The van der Waals surface area contributed by atoms with E-state index in [-0.39, 0.29) is 11.1 Å². The molecule has 5 N–H and O–H groups in total. The standard InChI is InChI=1S/C9H9Cl3O2.C9H7F5O.C8H4Cl3F3O.2C8H5Cl3F2O/c1-14-7-4-2-6(3-5-7)8(13)9(10,11)12;1-9(2,15)3-4(10)6(12)8(14)7(13)5(3)11;9-8(10,11)7(15)3-1-4(12)6(14)5(13)2-3;9-8(10,11)7(14)4-1-2-5(12)6(13)3-4;9-8(10,11)7(14)6-4(12)2-1-3-5(6)13/h2-5,8,13H,1H3;15H,1-2H3;1-2,7,15H;2*1-3,7,14H. The summed E-state index contributed by atoms with van der Waals surface area (Å²) < 4.78 is 150. The second-order valence-electron chi connectivity index (χ2n) is 14.2. The summed E-state index contributed by atoms with van der Waals surface area (Å²) in [6, 6.07) is 13.7. The van der Waals surface area contributed by atoms with Gasteiger partial charge in [-0.2, -0.15) is 0 Å². The Bertz CT molecular complexity index is 2510. The van der Waals surface area contributed by atoms with Gasteiger partial charge in [-0.25, -0.2) is 52.7 Å². The van der Waals surface area contributed by atoms with Gasteiger partial charge in [0.05, 0.1) is 23.8 Å². The molecule has 0 fully saturated rings. The molecule has 0 spiro atoms. The van der Waals surface area contributed by atoms with Gasteiger partial charge in [0.15, 0.2) is 52.4 Å². The van der Waals surface area contributed by atoms with Crippen LogP contribution in [0.5, 0.6) is 5.75 Å². The van der Waals surface area contributed by atoms with Crippen molar-refractivity contribution < 1.29 is 83.0 Å². The molecule has 0 aliphatic heterocycles. The first kappa shape index (κ1) is 68.4. The summed E-state index contributed by atoms with van der Waals surface area (Å²) in [6.07, 6.45) is -6.22. The predicted molar refractivity (Wildman–Crippen MR) is 255 cm³/mol. The van der Waals surface area contributed by atoms with Crippen molar-refractivity contribution in [2.45, 2.75) is 59.0 Å². The van der Waals surface area contributed by atoms with Gasteiger partial charge >= 0.3 is 0 Å². The largest absolute Gasteiger partial charge is 0.497 e. The molecule has 30 heteroatoms. The maximum Gasteiger partial charge on any atom is 0.220 e. The number of aliphatic hydroxyl groups excluding tert-OH is 4. The number of hydrogen-bond acceptors (Lipinski definition) is 6. The fourth-order valence-corrected chi connectivity index (χ4v) is 6.31. The number of rotatable bonds is 6. The molecule has 0 aliphatic carbocycles. The summed E-state index contributed by atoms with van der Waals surface area (Å²) in [5.74, 6) is -18.3. The molecule has 4 unspecified atom stereocenters. The Balaban J connectivity index is 0.000000450. The van der Waals surface area contributed by atoms with E-state index in [1.165, 1.54) is 0 Å². The van der Waals surface area contributed by atoms with Crippen LogP contribution in [0.3, 0.4) is 0 Å². The zero-order chi connectivity index (χ0) is 56.4. The molecule has 402 valence electrons. The summed E-state index contributed by atoms with van der Waals surface area (Å²) in [5.41, 5.74) is -3.85. The minimum absolute atomic E-state index is 0.00361. The fraction of sp³-hybridized carbons (Fsp3) is 0.286. The van der Waals surface area contributed by atoms with Gasteiger partial charge in [-0.15, -0.1) is 0 Å². The molecule has 5 rings (SSSR count). The maximum absolute atomic E-state index is 13.1. The first-order valence-electron chi connectivity index (χ1n) is 18.4. The van der Waals surface area contributed by atoms with Gasteiger partial charge in [0, 0.05) is 0 Å². The molecule has 6 nitrogen and oxygen atoms in total. The van der Waals surface area contributed by atoms with Crippen molar-refractivity contribution in [3.05, 3.63) is 170 Å². The highest BCUT2D eigenvalue weighted by Crippen LogP contribution is 2.43. The van der Waals surface area contributed by atoms with Gasteiger partial charge in [0.1, 0.15) is 41.8 Å². The zero-order valence-corrected chi connectivity index (χ0v) is 44.5. The predicted octanol–water partition coefficient (Wildman–Crippen LogP) is 16.0. The highest BCUT2D eigenvalue weighted by Gasteiger charge is 2.37. The third-order valence-electron chi connectivity index (χ3n) is 8.35. The summed E-state index contributed by atoms with van der Waals surface area (Å²) in [7, 11) is 1.56. The van der Waals surface area contributed by atoms with Gasteiger partial charge in [-0.1, -0.05) is 163 Å². The number of ether oxygens (including phenoxy) is 1. The van der Waals surface area contributed by atoms with Gasteiger partial charge in [0.2, 0.25) is 21.0 Å². The lowest BCUT2D eigenvalue weighted by Gasteiger charge is -2.19. The van der Waals surface area contributed by atoms with Crippen LogP contribution in [-0.2, 0) is 5.60 Å². The van der Waals surface area contributed by atoms with E-state index in [0.717, 1.165) is 50.2 Å². The number of aliphatic hydroxyl groups is 5. The second-order valence-corrected chi connectivity index (χ2v) is 23.6. The van der Waals surface area contributed by atoms with Crippen LogP contribution in [0, 0.1) is 69.8 Å². The Morgan fingerprint density at radius 3 is 1.07 bits per heavy atom. The molecule has 0 aromatic heterocycles. The van der Waals surface area contributed by atoms with E-state index in [1.807, 2.05) is 0 Å². The van der Waals surface area contributed by atoms with E-state index in [4.69, 9.17) is 144 Å². The molecule has 0 saturated heterocycles. The zero-order valence-electron chi connectivity index (χ0n) is 35.5. The van der Waals surface area contributed by atoms with Gasteiger partial charge in [-0.05, 0) is 79.1 Å². The molecular formula is C42H30Cl12F12O6. The molecular weight excluding hydrogens is 1250 g/mol. The lowest BCUT2D eigenvalue weighted by atomic mass is 9.96. The maximum atomic E-state index is 13.1. The molecule has 0 radical (unpaired) electrons. The van der Waals surface area contributed by atoms with Crippen LogP contribution in [0.1, 0.15) is 66.1 Å². The van der Waals surface area contributed by atoms with Crippen LogP contribution >= 0.6 is 139 Å². The number of alkyl halides is 12. The Morgan fingerprint density at radius 1 is 0.389 bits per heavy atom. The van der Waals surface area contributed by atoms with Crippen LogP contribution in [-0.4, -0.2) is 47.8 Å².